The van der Waals surface area contributed by atoms with Crippen LogP contribution in [0.2, 0.25) is 0 Å². The summed E-state index contributed by atoms with van der Waals surface area (Å²) in [6, 6.07) is 7.73. The molecule has 0 saturated heterocycles. The van der Waals surface area contributed by atoms with Gasteiger partial charge in [-0.1, -0.05) is 39.8 Å². The first kappa shape index (κ1) is 14.9. The van der Waals surface area contributed by atoms with Gasteiger partial charge in [-0.3, -0.25) is 0 Å². The van der Waals surface area contributed by atoms with Gasteiger partial charge in [-0.25, -0.2) is 4.79 Å². The van der Waals surface area contributed by atoms with Crippen LogP contribution in [0.4, 0.5) is 10.5 Å². The van der Waals surface area contributed by atoms with E-state index in [-0.39, 0.29) is 28.9 Å². The maximum atomic E-state index is 12.1. The highest BCUT2D eigenvalue weighted by Gasteiger charge is 2.60. The van der Waals surface area contributed by atoms with Crippen molar-refractivity contribution >= 4 is 11.7 Å². The second-order valence-electron chi connectivity index (χ2n) is 7.02. The summed E-state index contributed by atoms with van der Waals surface area (Å²) in [6.45, 7) is 10.4. The molecule has 0 aromatic heterocycles. The van der Waals surface area contributed by atoms with E-state index in [1.54, 1.807) is 0 Å². The molecule has 1 aliphatic carbocycles. The van der Waals surface area contributed by atoms with Crippen molar-refractivity contribution in [2.75, 3.05) is 5.32 Å². The fourth-order valence-electron chi connectivity index (χ4n) is 3.57. The number of carbonyl (C=O) groups excluding carboxylic acids is 1. The first-order chi connectivity index (χ1) is 9.15. The number of hydrogen-bond donors (Lipinski definition) is 3. The molecule has 2 rings (SSSR count). The number of anilines is 1. The summed E-state index contributed by atoms with van der Waals surface area (Å²) in [4.78, 5) is 12.1. The van der Waals surface area contributed by atoms with Crippen molar-refractivity contribution in [2.45, 2.75) is 46.7 Å². The SMILES string of the molecule is Cc1cccc(NC(=O)NC2C(C)(C)C(N)C2(C)C)c1. The molecule has 0 heterocycles. The van der Waals surface area contributed by atoms with E-state index in [0.29, 0.717) is 0 Å². The first-order valence-corrected chi connectivity index (χ1v) is 7.05. The number of aryl methyl sites for hydroxylation is 1. The topological polar surface area (TPSA) is 67.2 Å². The van der Waals surface area contributed by atoms with Crippen LogP contribution in [0.1, 0.15) is 33.3 Å². The highest BCUT2D eigenvalue weighted by Crippen LogP contribution is 2.52. The Morgan fingerprint density at radius 1 is 1.20 bits per heavy atom. The number of nitrogens with one attached hydrogen (secondary N) is 2. The lowest BCUT2D eigenvalue weighted by atomic mass is 9.48. The van der Waals surface area contributed by atoms with Crippen LogP contribution in [0.3, 0.4) is 0 Å². The molecule has 0 radical (unpaired) electrons. The van der Waals surface area contributed by atoms with Crippen LogP contribution in [-0.2, 0) is 0 Å². The van der Waals surface area contributed by atoms with Crippen LogP contribution in [-0.4, -0.2) is 18.1 Å². The van der Waals surface area contributed by atoms with Gasteiger partial charge in [0.1, 0.15) is 0 Å². The van der Waals surface area contributed by atoms with E-state index in [1.165, 1.54) is 0 Å². The number of carbonyl (C=O) groups is 1. The Hall–Kier alpha value is -1.55. The van der Waals surface area contributed by atoms with E-state index in [0.717, 1.165) is 11.3 Å². The molecule has 0 unspecified atom stereocenters. The average molecular weight is 275 g/mol. The summed E-state index contributed by atoms with van der Waals surface area (Å²) in [6.07, 6.45) is 0. The number of amides is 2. The number of nitrogens with two attached hydrogens (primary N) is 1. The van der Waals surface area contributed by atoms with E-state index in [1.807, 2.05) is 31.2 Å². The maximum absolute atomic E-state index is 12.1. The summed E-state index contributed by atoms with van der Waals surface area (Å²) in [5.41, 5.74) is 7.95. The van der Waals surface area contributed by atoms with Gasteiger partial charge >= 0.3 is 6.03 Å². The Kier molecular flexibility index (Phi) is 3.54. The van der Waals surface area contributed by atoms with Gasteiger partial charge in [0.2, 0.25) is 0 Å². The maximum Gasteiger partial charge on any atom is 0.319 e. The van der Waals surface area contributed by atoms with Crippen molar-refractivity contribution < 1.29 is 4.79 Å². The van der Waals surface area contributed by atoms with E-state index < -0.39 is 0 Å². The zero-order valence-electron chi connectivity index (χ0n) is 12.9. The standard InChI is InChI=1S/C16H25N3O/c1-10-7-6-8-11(9-10)18-14(20)19-13-15(2,3)12(17)16(13,4)5/h6-9,12-13H,17H2,1-5H3,(H2,18,19,20). The molecule has 1 saturated carbocycles. The summed E-state index contributed by atoms with van der Waals surface area (Å²) < 4.78 is 0. The predicted octanol–water partition coefficient (Wildman–Crippen LogP) is 2.88. The summed E-state index contributed by atoms with van der Waals surface area (Å²) in [5.74, 6) is 0. The number of hydrogen-bond acceptors (Lipinski definition) is 2. The fourth-order valence-corrected chi connectivity index (χ4v) is 3.57. The molecular weight excluding hydrogens is 250 g/mol. The van der Waals surface area contributed by atoms with Crippen LogP contribution in [0.15, 0.2) is 24.3 Å². The van der Waals surface area contributed by atoms with Gasteiger partial charge < -0.3 is 16.4 Å². The number of rotatable bonds is 2. The highest BCUT2D eigenvalue weighted by molar-refractivity contribution is 5.89. The molecule has 1 fully saturated rings. The smallest absolute Gasteiger partial charge is 0.319 e. The van der Waals surface area contributed by atoms with Crippen molar-refractivity contribution in [2.24, 2.45) is 16.6 Å². The van der Waals surface area contributed by atoms with Gasteiger partial charge in [0.05, 0.1) is 0 Å². The molecule has 1 aromatic rings. The number of urea groups is 1. The largest absolute Gasteiger partial charge is 0.334 e. The monoisotopic (exact) mass is 275 g/mol. The molecule has 2 amide bonds. The minimum Gasteiger partial charge on any atom is -0.334 e. The summed E-state index contributed by atoms with van der Waals surface area (Å²) in [7, 11) is 0. The highest BCUT2D eigenvalue weighted by atomic mass is 16.2. The molecule has 0 atom stereocenters. The molecule has 0 aliphatic heterocycles. The molecule has 110 valence electrons. The van der Waals surface area contributed by atoms with Gasteiger partial charge in [0.25, 0.3) is 0 Å². The van der Waals surface area contributed by atoms with Crippen molar-refractivity contribution in [3.8, 4) is 0 Å². The van der Waals surface area contributed by atoms with Crippen LogP contribution in [0.25, 0.3) is 0 Å². The Morgan fingerprint density at radius 2 is 1.80 bits per heavy atom. The van der Waals surface area contributed by atoms with Gasteiger partial charge in [0, 0.05) is 28.6 Å². The molecule has 4 heteroatoms. The fraction of sp³-hybridized carbons (Fsp3) is 0.562. The van der Waals surface area contributed by atoms with Crippen molar-refractivity contribution in [1.29, 1.82) is 0 Å². The van der Waals surface area contributed by atoms with E-state index >= 15 is 0 Å². The van der Waals surface area contributed by atoms with Gasteiger partial charge in [-0.05, 0) is 24.6 Å². The predicted molar refractivity (Wildman–Crippen MR) is 82.7 cm³/mol. The molecule has 0 spiro atoms. The van der Waals surface area contributed by atoms with Crippen molar-refractivity contribution in [3.63, 3.8) is 0 Å². The second-order valence-corrected chi connectivity index (χ2v) is 7.02. The zero-order valence-corrected chi connectivity index (χ0v) is 12.9. The molecule has 20 heavy (non-hydrogen) atoms. The Balaban J connectivity index is 2.02. The average Bonchev–Trinajstić information content (AvgIpc) is 2.34. The molecule has 0 bridgehead atoms. The van der Waals surface area contributed by atoms with E-state index in [2.05, 4.69) is 38.3 Å². The second kappa shape index (κ2) is 4.77. The molecular formula is C16H25N3O. The van der Waals surface area contributed by atoms with Crippen LogP contribution >= 0.6 is 0 Å². The Labute approximate surface area is 121 Å². The molecule has 4 N–H and O–H groups in total. The molecule has 1 aromatic carbocycles. The van der Waals surface area contributed by atoms with Gasteiger partial charge in [-0.2, -0.15) is 0 Å². The number of benzene rings is 1. The van der Waals surface area contributed by atoms with Gasteiger partial charge in [0.15, 0.2) is 0 Å². The third kappa shape index (κ3) is 2.40. The summed E-state index contributed by atoms with van der Waals surface area (Å²) in [5, 5.41) is 5.95. The minimum absolute atomic E-state index is 0.0646. The van der Waals surface area contributed by atoms with Crippen molar-refractivity contribution in [1.82, 2.24) is 5.32 Å². The third-order valence-corrected chi connectivity index (χ3v) is 4.64. The zero-order chi connectivity index (χ0) is 15.1. The lowest BCUT2D eigenvalue weighted by Gasteiger charge is -2.62. The van der Waals surface area contributed by atoms with Gasteiger partial charge in [-0.15, -0.1) is 0 Å². The Morgan fingerprint density at radius 3 is 2.35 bits per heavy atom. The third-order valence-electron chi connectivity index (χ3n) is 4.64. The minimum atomic E-state index is -0.173. The van der Waals surface area contributed by atoms with Crippen LogP contribution in [0, 0.1) is 17.8 Å². The molecule has 4 nitrogen and oxygen atoms in total. The normalized spacial score (nSPS) is 26.5. The van der Waals surface area contributed by atoms with Crippen LogP contribution < -0.4 is 16.4 Å². The van der Waals surface area contributed by atoms with E-state index in [9.17, 15) is 4.79 Å². The quantitative estimate of drug-likeness (QED) is 0.777. The first-order valence-electron chi connectivity index (χ1n) is 7.05. The van der Waals surface area contributed by atoms with Crippen molar-refractivity contribution in [3.05, 3.63) is 29.8 Å². The lowest BCUT2D eigenvalue weighted by molar-refractivity contribution is -0.0638. The summed E-state index contributed by atoms with van der Waals surface area (Å²) >= 11 is 0. The van der Waals surface area contributed by atoms with Crippen LogP contribution in [0.5, 0.6) is 0 Å². The lowest BCUT2D eigenvalue weighted by Crippen LogP contribution is -2.76. The molecule has 1 aliphatic rings. The van der Waals surface area contributed by atoms with E-state index in [4.69, 9.17) is 5.73 Å². The Bertz CT molecular complexity index is 506.